The standard InChI is InChI=1S/C21H25N3O4.CH2O2/c1-28-19-7-3-2-6-15(19)13-23-21(27)16-10-17(18(25)11-16)24-20(26)9-14-5-4-8-22-12-14;2-1-3/h2-8,12,16-18,25H,9-11,13H2,1H3,(H,23,27)(H,24,26);1H,(H,2,3)/t16-,17+,18+;/m0./s1. The number of para-hydroxylation sites is 1. The van der Waals surface area contributed by atoms with Crippen LogP contribution >= 0.6 is 0 Å². The Morgan fingerprint density at radius 1 is 1.23 bits per heavy atom. The molecule has 1 aromatic heterocycles. The average molecular weight is 429 g/mol. The van der Waals surface area contributed by atoms with Crippen LogP contribution in [-0.2, 0) is 27.3 Å². The summed E-state index contributed by atoms with van der Waals surface area (Å²) in [6, 6.07) is 10.7. The van der Waals surface area contributed by atoms with E-state index < -0.39 is 12.1 Å². The molecule has 0 saturated heterocycles. The van der Waals surface area contributed by atoms with Gasteiger partial charge in [0.15, 0.2) is 0 Å². The highest BCUT2D eigenvalue weighted by Crippen LogP contribution is 2.27. The van der Waals surface area contributed by atoms with Crippen LogP contribution in [-0.4, -0.2) is 52.7 Å². The molecule has 0 aliphatic heterocycles. The summed E-state index contributed by atoms with van der Waals surface area (Å²) in [6.07, 6.45) is 3.49. The molecule has 2 aromatic rings. The number of aliphatic hydroxyl groups excluding tert-OH is 1. The molecule has 1 saturated carbocycles. The second kappa shape index (κ2) is 12.3. The van der Waals surface area contributed by atoms with Crippen LogP contribution in [0.15, 0.2) is 48.8 Å². The summed E-state index contributed by atoms with van der Waals surface area (Å²) in [5.74, 6) is 0.0595. The van der Waals surface area contributed by atoms with Gasteiger partial charge in [-0.05, 0) is 30.5 Å². The highest BCUT2D eigenvalue weighted by atomic mass is 16.5. The molecule has 4 N–H and O–H groups in total. The number of aromatic nitrogens is 1. The number of pyridine rings is 1. The van der Waals surface area contributed by atoms with Crippen LogP contribution in [0, 0.1) is 5.92 Å². The summed E-state index contributed by atoms with van der Waals surface area (Å²) in [7, 11) is 1.59. The first-order valence-corrected chi connectivity index (χ1v) is 9.82. The van der Waals surface area contributed by atoms with E-state index in [2.05, 4.69) is 15.6 Å². The van der Waals surface area contributed by atoms with Crippen molar-refractivity contribution >= 4 is 18.3 Å². The molecule has 31 heavy (non-hydrogen) atoms. The average Bonchev–Trinajstić information content (AvgIpc) is 3.13. The van der Waals surface area contributed by atoms with Gasteiger partial charge in [-0.3, -0.25) is 19.4 Å². The van der Waals surface area contributed by atoms with Crippen molar-refractivity contribution < 1.29 is 29.3 Å². The number of benzene rings is 1. The fraction of sp³-hybridized carbons (Fsp3) is 0.364. The van der Waals surface area contributed by atoms with Gasteiger partial charge in [0.05, 0.1) is 25.7 Å². The van der Waals surface area contributed by atoms with E-state index in [1.165, 1.54) is 0 Å². The van der Waals surface area contributed by atoms with E-state index in [0.29, 0.717) is 19.4 Å². The van der Waals surface area contributed by atoms with Gasteiger partial charge in [0, 0.05) is 30.4 Å². The van der Waals surface area contributed by atoms with E-state index in [-0.39, 0.29) is 30.6 Å². The van der Waals surface area contributed by atoms with Crippen LogP contribution in [0.3, 0.4) is 0 Å². The maximum atomic E-state index is 12.5. The number of carbonyl (C=O) groups is 3. The van der Waals surface area contributed by atoms with Crippen molar-refractivity contribution in [1.29, 1.82) is 0 Å². The van der Waals surface area contributed by atoms with Crippen molar-refractivity contribution in [1.82, 2.24) is 15.6 Å². The number of methoxy groups -OCH3 is 1. The molecule has 1 aliphatic carbocycles. The molecule has 1 aromatic carbocycles. The zero-order valence-electron chi connectivity index (χ0n) is 17.2. The van der Waals surface area contributed by atoms with Crippen LogP contribution in [0.1, 0.15) is 24.0 Å². The fourth-order valence-corrected chi connectivity index (χ4v) is 3.51. The first kappa shape index (κ1) is 23.8. The SMILES string of the molecule is COc1ccccc1CNC(=O)[C@@H]1C[C@@H](O)[C@H](NC(=O)Cc2cccnc2)C1.O=CO. The monoisotopic (exact) mass is 429 g/mol. The van der Waals surface area contributed by atoms with E-state index in [0.717, 1.165) is 16.9 Å². The number of carbonyl (C=O) groups excluding carboxylic acids is 2. The highest BCUT2D eigenvalue weighted by Gasteiger charge is 2.37. The highest BCUT2D eigenvalue weighted by molar-refractivity contribution is 5.81. The molecular formula is C22H27N3O6. The quantitative estimate of drug-likeness (QED) is 0.480. The van der Waals surface area contributed by atoms with E-state index in [9.17, 15) is 14.7 Å². The Kier molecular flexibility index (Phi) is 9.44. The van der Waals surface area contributed by atoms with Crippen molar-refractivity contribution in [3.63, 3.8) is 0 Å². The van der Waals surface area contributed by atoms with E-state index in [1.54, 1.807) is 25.6 Å². The number of ether oxygens (including phenoxy) is 1. The molecule has 2 amide bonds. The first-order valence-electron chi connectivity index (χ1n) is 9.82. The predicted octanol–water partition coefficient (Wildman–Crippen LogP) is 0.906. The Balaban J connectivity index is 0.00000107. The van der Waals surface area contributed by atoms with E-state index in [1.807, 2.05) is 30.3 Å². The third-order valence-electron chi connectivity index (χ3n) is 4.98. The van der Waals surface area contributed by atoms with Crippen molar-refractivity contribution in [2.45, 2.75) is 38.0 Å². The molecule has 0 radical (unpaired) electrons. The summed E-state index contributed by atoms with van der Waals surface area (Å²) >= 11 is 0. The van der Waals surface area contributed by atoms with Gasteiger partial charge in [0.1, 0.15) is 5.75 Å². The van der Waals surface area contributed by atoms with Crippen molar-refractivity contribution in [3.8, 4) is 5.75 Å². The smallest absolute Gasteiger partial charge is 0.290 e. The van der Waals surface area contributed by atoms with Gasteiger partial charge in [-0.1, -0.05) is 24.3 Å². The molecule has 9 heteroatoms. The lowest BCUT2D eigenvalue weighted by Gasteiger charge is -2.16. The molecule has 0 spiro atoms. The summed E-state index contributed by atoms with van der Waals surface area (Å²) < 4.78 is 5.29. The number of carboxylic acid groups (broad SMARTS) is 1. The van der Waals surface area contributed by atoms with Crippen molar-refractivity contribution in [3.05, 3.63) is 59.9 Å². The zero-order chi connectivity index (χ0) is 22.6. The molecule has 0 unspecified atom stereocenters. The third-order valence-corrected chi connectivity index (χ3v) is 4.98. The number of nitrogens with zero attached hydrogens (tertiary/aromatic N) is 1. The Labute approximate surface area is 180 Å². The van der Waals surface area contributed by atoms with Crippen LogP contribution in [0.5, 0.6) is 5.75 Å². The number of amides is 2. The minimum Gasteiger partial charge on any atom is -0.496 e. The van der Waals surface area contributed by atoms with Gasteiger partial charge in [0.2, 0.25) is 11.8 Å². The number of hydrogen-bond donors (Lipinski definition) is 4. The molecular weight excluding hydrogens is 402 g/mol. The number of rotatable bonds is 7. The minimum atomic E-state index is -0.736. The first-order chi connectivity index (χ1) is 15.0. The van der Waals surface area contributed by atoms with Crippen LogP contribution in [0.2, 0.25) is 0 Å². The molecule has 0 bridgehead atoms. The maximum Gasteiger partial charge on any atom is 0.290 e. The Bertz CT molecular complexity index is 861. The molecule has 3 atom stereocenters. The minimum absolute atomic E-state index is 0.131. The molecule has 166 valence electrons. The Morgan fingerprint density at radius 2 is 1.97 bits per heavy atom. The predicted molar refractivity (Wildman–Crippen MR) is 112 cm³/mol. The molecule has 1 aliphatic rings. The lowest BCUT2D eigenvalue weighted by Crippen LogP contribution is -2.40. The Hall–Kier alpha value is -3.46. The van der Waals surface area contributed by atoms with Gasteiger partial charge in [0.25, 0.3) is 6.47 Å². The van der Waals surface area contributed by atoms with Crippen LogP contribution < -0.4 is 15.4 Å². The van der Waals surface area contributed by atoms with E-state index in [4.69, 9.17) is 14.6 Å². The van der Waals surface area contributed by atoms with E-state index >= 15 is 0 Å². The van der Waals surface area contributed by atoms with Gasteiger partial charge < -0.3 is 25.6 Å². The maximum absolute atomic E-state index is 12.5. The summed E-state index contributed by atoms with van der Waals surface area (Å²) in [5, 5.41) is 22.9. The second-order valence-electron chi connectivity index (χ2n) is 7.08. The molecule has 1 fully saturated rings. The zero-order valence-corrected chi connectivity index (χ0v) is 17.2. The topological polar surface area (TPSA) is 138 Å². The third kappa shape index (κ3) is 7.38. The summed E-state index contributed by atoms with van der Waals surface area (Å²) in [5.41, 5.74) is 1.69. The van der Waals surface area contributed by atoms with Gasteiger partial charge in [-0.15, -0.1) is 0 Å². The lowest BCUT2D eigenvalue weighted by atomic mass is 10.1. The lowest BCUT2D eigenvalue weighted by molar-refractivity contribution is -0.125. The van der Waals surface area contributed by atoms with Gasteiger partial charge >= 0.3 is 0 Å². The summed E-state index contributed by atoms with van der Waals surface area (Å²) in [4.78, 5) is 37.1. The van der Waals surface area contributed by atoms with Crippen molar-refractivity contribution in [2.24, 2.45) is 5.92 Å². The molecule has 9 nitrogen and oxygen atoms in total. The number of aliphatic hydroxyl groups is 1. The van der Waals surface area contributed by atoms with Crippen LogP contribution in [0.25, 0.3) is 0 Å². The van der Waals surface area contributed by atoms with Crippen molar-refractivity contribution in [2.75, 3.05) is 7.11 Å². The number of nitrogens with one attached hydrogen (secondary N) is 2. The Morgan fingerprint density at radius 3 is 2.65 bits per heavy atom. The van der Waals surface area contributed by atoms with Crippen LogP contribution in [0.4, 0.5) is 0 Å². The van der Waals surface area contributed by atoms with Gasteiger partial charge in [-0.2, -0.15) is 0 Å². The summed E-state index contributed by atoms with van der Waals surface area (Å²) in [6.45, 7) is 0.105. The number of hydrogen-bond acceptors (Lipinski definition) is 6. The largest absolute Gasteiger partial charge is 0.496 e. The fourth-order valence-electron chi connectivity index (χ4n) is 3.51. The normalized spacial score (nSPS) is 19.5. The second-order valence-corrected chi connectivity index (χ2v) is 7.08. The van der Waals surface area contributed by atoms with Gasteiger partial charge in [-0.25, -0.2) is 0 Å². The molecule has 1 heterocycles. The molecule has 3 rings (SSSR count).